The lowest BCUT2D eigenvalue weighted by molar-refractivity contribution is -0.129. The van der Waals surface area contributed by atoms with E-state index in [9.17, 15) is 9.18 Å². The maximum atomic E-state index is 14.7. The Morgan fingerprint density at radius 2 is 2.00 bits per heavy atom. The minimum Gasteiger partial charge on any atom is -0.487 e. The molecule has 0 N–H and O–H groups in total. The third-order valence-corrected chi connectivity index (χ3v) is 7.76. The summed E-state index contributed by atoms with van der Waals surface area (Å²) in [6.45, 7) is 5.29. The van der Waals surface area contributed by atoms with Crippen LogP contribution in [0.3, 0.4) is 0 Å². The highest BCUT2D eigenvalue weighted by atomic mass is 32.1. The molecule has 0 unspecified atom stereocenters. The van der Waals surface area contributed by atoms with Gasteiger partial charge in [-0.3, -0.25) is 4.79 Å². The first-order valence-corrected chi connectivity index (χ1v) is 11.8. The zero-order chi connectivity index (χ0) is 20.7. The zero-order valence-electron chi connectivity index (χ0n) is 17.4. The molecule has 3 heterocycles. The highest BCUT2D eigenvalue weighted by Crippen LogP contribution is 2.36. The quantitative estimate of drug-likeness (QED) is 0.729. The van der Waals surface area contributed by atoms with Gasteiger partial charge in [0.1, 0.15) is 11.1 Å². The van der Waals surface area contributed by atoms with Gasteiger partial charge in [-0.2, -0.15) is 0 Å². The number of fused-ring (bicyclic) bond motifs is 1. The van der Waals surface area contributed by atoms with Crippen molar-refractivity contribution in [1.29, 1.82) is 0 Å². The van der Waals surface area contributed by atoms with Crippen LogP contribution in [-0.4, -0.2) is 52.5 Å². The van der Waals surface area contributed by atoms with Gasteiger partial charge in [-0.15, -0.1) is 11.3 Å². The largest absolute Gasteiger partial charge is 0.487 e. The van der Waals surface area contributed by atoms with E-state index < -0.39 is 0 Å². The van der Waals surface area contributed by atoms with E-state index in [-0.39, 0.29) is 17.8 Å². The molecule has 0 atom stereocenters. The number of benzene rings is 1. The molecule has 5 rings (SSSR count). The Kier molecular flexibility index (Phi) is 5.50. The number of carbonyl (C=O) groups is 1. The predicted molar refractivity (Wildman–Crippen MR) is 115 cm³/mol. The average Bonchev–Trinajstić information content (AvgIpc) is 3.15. The number of thiazole rings is 1. The topological polar surface area (TPSA) is 45.7 Å². The van der Waals surface area contributed by atoms with Crippen molar-refractivity contribution >= 4 is 17.2 Å². The molecular formula is C23H28FN3O2S. The van der Waals surface area contributed by atoms with Gasteiger partial charge in [0, 0.05) is 49.2 Å². The molecule has 2 fully saturated rings. The summed E-state index contributed by atoms with van der Waals surface area (Å²) < 4.78 is 20.7. The molecule has 0 radical (unpaired) electrons. The first-order chi connectivity index (χ1) is 14.6. The second-order valence-corrected chi connectivity index (χ2v) is 9.77. The molecule has 3 aliphatic rings. The third kappa shape index (κ3) is 3.97. The summed E-state index contributed by atoms with van der Waals surface area (Å²) in [7, 11) is 0. The summed E-state index contributed by atoms with van der Waals surface area (Å²) in [5.74, 6) is 0.0963. The Labute approximate surface area is 180 Å². The van der Waals surface area contributed by atoms with E-state index in [1.807, 2.05) is 11.0 Å². The number of likely N-dealkylation sites (tertiary alicyclic amines) is 1. The van der Waals surface area contributed by atoms with Crippen molar-refractivity contribution in [2.75, 3.05) is 19.6 Å². The summed E-state index contributed by atoms with van der Waals surface area (Å²) in [5.41, 5.74) is 1.81. The van der Waals surface area contributed by atoms with Crippen molar-refractivity contribution in [2.24, 2.45) is 0 Å². The van der Waals surface area contributed by atoms with Gasteiger partial charge in [0.15, 0.2) is 11.6 Å². The van der Waals surface area contributed by atoms with Crippen molar-refractivity contribution in [1.82, 2.24) is 14.8 Å². The van der Waals surface area contributed by atoms with Crippen LogP contribution in [0.5, 0.6) is 5.75 Å². The van der Waals surface area contributed by atoms with Crippen molar-refractivity contribution in [3.8, 4) is 16.3 Å². The van der Waals surface area contributed by atoms with E-state index in [1.54, 1.807) is 24.3 Å². The Morgan fingerprint density at radius 3 is 2.73 bits per heavy atom. The molecule has 5 nitrogen and oxygen atoms in total. The fourth-order valence-corrected chi connectivity index (χ4v) is 5.83. The lowest BCUT2D eigenvalue weighted by Gasteiger charge is -2.44. The molecule has 1 amide bonds. The van der Waals surface area contributed by atoms with Crippen LogP contribution in [-0.2, 0) is 17.8 Å². The average molecular weight is 430 g/mol. The Hall–Kier alpha value is -1.99. The van der Waals surface area contributed by atoms with Crippen LogP contribution in [0.15, 0.2) is 18.2 Å². The minimum absolute atomic E-state index is 0.0849. The maximum absolute atomic E-state index is 14.7. The van der Waals surface area contributed by atoms with Crippen LogP contribution < -0.4 is 4.74 Å². The summed E-state index contributed by atoms with van der Waals surface area (Å²) >= 11 is 1.55. The van der Waals surface area contributed by atoms with Gasteiger partial charge in [0.2, 0.25) is 5.91 Å². The van der Waals surface area contributed by atoms with Crippen molar-refractivity contribution < 1.29 is 13.9 Å². The first-order valence-electron chi connectivity index (χ1n) is 11.0. The summed E-state index contributed by atoms with van der Waals surface area (Å²) in [5, 5.41) is 0.810. The van der Waals surface area contributed by atoms with Gasteiger partial charge in [-0.1, -0.05) is 6.42 Å². The van der Waals surface area contributed by atoms with Crippen LogP contribution in [0.2, 0.25) is 0 Å². The Balaban J connectivity index is 1.22. The monoisotopic (exact) mass is 429 g/mol. The molecule has 2 aromatic rings. The van der Waals surface area contributed by atoms with E-state index in [0.717, 1.165) is 40.4 Å². The number of piperidine rings is 1. The number of rotatable bonds is 4. The molecule has 1 aromatic carbocycles. The molecule has 1 saturated heterocycles. The van der Waals surface area contributed by atoms with Gasteiger partial charge in [-0.25, -0.2) is 9.37 Å². The molecule has 1 aliphatic carbocycles. The van der Waals surface area contributed by atoms with E-state index in [4.69, 9.17) is 9.72 Å². The molecule has 1 saturated carbocycles. The van der Waals surface area contributed by atoms with Crippen LogP contribution in [0.25, 0.3) is 10.6 Å². The van der Waals surface area contributed by atoms with Gasteiger partial charge in [-0.05, 0) is 44.1 Å². The SMILES string of the molecule is CC(=O)N1CCc2nc(-c3ccc(OC4CC(N5CCCCC5)C4)c(F)c3)sc2C1. The van der Waals surface area contributed by atoms with Crippen LogP contribution in [0.1, 0.15) is 49.6 Å². The molecule has 160 valence electrons. The smallest absolute Gasteiger partial charge is 0.219 e. The summed E-state index contributed by atoms with van der Waals surface area (Å²) in [6.07, 6.45) is 6.80. The number of carbonyl (C=O) groups excluding carboxylic acids is 1. The fourth-order valence-electron chi connectivity index (χ4n) is 4.71. The molecule has 1 aromatic heterocycles. The zero-order valence-corrected chi connectivity index (χ0v) is 18.2. The van der Waals surface area contributed by atoms with E-state index in [2.05, 4.69) is 4.90 Å². The van der Waals surface area contributed by atoms with Crippen LogP contribution in [0.4, 0.5) is 4.39 Å². The summed E-state index contributed by atoms with van der Waals surface area (Å²) in [6, 6.07) is 5.77. The molecule has 2 aliphatic heterocycles. The van der Waals surface area contributed by atoms with E-state index >= 15 is 0 Å². The van der Waals surface area contributed by atoms with Crippen LogP contribution >= 0.6 is 11.3 Å². The fraction of sp³-hybridized carbons (Fsp3) is 0.565. The highest BCUT2D eigenvalue weighted by molar-refractivity contribution is 7.15. The lowest BCUT2D eigenvalue weighted by Crippen LogP contribution is -2.50. The van der Waals surface area contributed by atoms with Gasteiger partial charge >= 0.3 is 0 Å². The highest BCUT2D eigenvalue weighted by Gasteiger charge is 2.36. The van der Waals surface area contributed by atoms with Crippen LogP contribution in [0, 0.1) is 5.82 Å². The lowest BCUT2D eigenvalue weighted by atomic mass is 9.86. The number of amides is 1. The number of nitrogens with zero attached hydrogens (tertiary/aromatic N) is 3. The van der Waals surface area contributed by atoms with Crippen molar-refractivity contribution in [3.63, 3.8) is 0 Å². The number of hydrogen-bond acceptors (Lipinski definition) is 5. The molecular weight excluding hydrogens is 401 g/mol. The molecule has 0 bridgehead atoms. The van der Waals surface area contributed by atoms with Crippen molar-refractivity contribution in [3.05, 3.63) is 34.6 Å². The number of aromatic nitrogens is 1. The standard InChI is InChI=1S/C23H28FN3O2S/c1-15(28)27-10-7-20-22(14-27)30-23(25-20)16-5-6-21(19(24)11-16)29-18-12-17(13-18)26-8-3-2-4-9-26/h5-6,11,17-18H,2-4,7-10,12-14H2,1H3. The molecule has 7 heteroatoms. The minimum atomic E-state index is -0.326. The molecule has 30 heavy (non-hydrogen) atoms. The number of hydrogen-bond donors (Lipinski definition) is 0. The third-order valence-electron chi connectivity index (χ3n) is 6.63. The van der Waals surface area contributed by atoms with Gasteiger partial charge in [0.25, 0.3) is 0 Å². The maximum Gasteiger partial charge on any atom is 0.219 e. The second kappa shape index (κ2) is 8.27. The van der Waals surface area contributed by atoms with Gasteiger partial charge in [0.05, 0.1) is 12.2 Å². The Morgan fingerprint density at radius 1 is 1.20 bits per heavy atom. The van der Waals surface area contributed by atoms with E-state index in [1.165, 1.54) is 38.4 Å². The normalized spacial score (nSPS) is 24.3. The Bertz CT molecular complexity index is 935. The second-order valence-electron chi connectivity index (χ2n) is 8.69. The number of ether oxygens (including phenoxy) is 1. The van der Waals surface area contributed by atoms with Crippen molar-refractivity contribution in [2.45, 2.75) is 64.1 Å². The summed E-state index contributed by atoms with van der Waals surface area (Å²) in [4.78, 5) is 21.8. The first kappa shape index (κ1) is 19.9. The molecule has 0 spiro atoms. The predicted octanol–water partition coefficient (Wildman–Crippen LogP) is 4.25. The number of halogens is 1. The van der Waals surface area contributed by atoms with Gasteiger partial charge < -0.3 is 14.5 Å². The van der Waals surface area contributed by atoms with E-state index in [0.29, 0.717) is 24.9 Å².